The SMILES string of the molecule is Cc1nc(COC[C@@]23CCCO[C@@H]2CCN(CC2CC2)C3)cs1. The first-order valence-electron chi connectivity index (χ1n) is 9.06. The lowest BCUT2D eigenvalue weighted by Gasteiger charge is -2.50. The van der Waals surface area contributed by atoms with E-state index in [4.69, 9.17) is 9.47 Å². The predicted octanol–water partition coefficient (Wildman–Crippen LogP) is 3.25. The molecular formula is C18H28N2O2S. The molecule has 4 rings (SSSR count). The maximum absolute atomic E-state index is 6.14. The summed E-state index contributed by atoms with van der Waals surface area (Å²) in [5, 5.41) is 3.23. The van der Waals surface area contributed by atoms with Gasteiger partial charge in [0.15, 0.2) is 0 Å². The smallest absolute Gasteiger partial charge is 0.0898 e. The summed E-state index contributed by atoms with van der Waals surface area (Å²) in [6.45, 7) is 8.09. The van der Waals surface area contributed by atoms with Crippen molar-refractivity contribution < 1.29 is 9.47 Å². The first-order chi connectivity index (χ1) is 11.2. The van der Waals surface area contributed by atoms with Gasteiger partial charge in [0.25, 0.3) is 0 Å². The van der Waals surface area contributed by atoms with E-state index >= 15 is 0 Å². The van der Waals surface area contributed by atoms with Gasteiger partial charge in [-0.15, -0.1) is 11.3 Å². The van der Waals surface area contributed by atoms with Crippen molar-refractivity contribution >= 4 is 11.3 Å². The summed E-state index contributed by atoms with van der Waals surface area (Å²) in [7, 11) is 0. The molecule has 1 saturated carbocycles. The molecule has 1 aromatic rings. The third-order valence-corrected chi connectivity index (χ3v) is 6.41. The molecule has 0 spiro atoms. The Labute approximate surface area is 143 Å². The third kappa shape index (κ3) is 3.78. The van der Waals surface area contributed by atoms with Crippen molar-refractivity contribution in [1.29, 1.82) is 0 Å². The highest BCUT2D eigenvalue weighted by Crippen LogP contribution is 2.42. The average molecular weight is 337 g/mol. The van der Waals surface area contributed by atoms with E-state index < -0.39 is 0 Å². The van der Waals surface area contributed by atoms with Crippen molar-refractivity contribution in [3.05, 3.63) is 16.1 Å². The summed E-state index contributed by atoms with van der Waals surface area (Å²) in [6.07, 6.45) is 6.85. The predicted molar refractivity (Wildman–Crippen MR) is 91.7 cm³/mol. The van der Waals surface area contributed by atoms with Crippen molar-refractivity contribution in [2.45, 2.75) is 51.7 Å². The topological polar surface area (TPSA) is 34.6 Å². The molecule has 23 heavy (non-hydrogen) atoms. The van der Waals surface area contributed by atoms with Gasteiger partial charge in [-0.2, -0.15) is 0 Å². The Morgan fingerprint density at radius 3 is 3.13 bits per heavy atom. The van der Waals surface area contributed by atoms with Gasteiger partial charge in [-0.05, 0) is 44.9 Å². The second kappa shape index (κ2) is 6.79. The fourth-order valence-electron chi connectivity index (χ4n) is 4.25. The largest absolute Gasteiger partial charge is 0.377 e. The Kier molecular flexibility index (Phi) is 4.72. The maximum atomic E-state index is 6.14. The molecule has 0 amide bonds. The summed E-state index contributed by atoms with van der Waals surface area (Å²) in [6, 6.07) is 0. The molecule has 3 fully saturated rings. The van der Waals surface area contributed by atoms with Crippen LogP contribution in [0.4, 0.5) is 0 Å². The zero-order chi connectivity index (χ0) is 15.7. The highest BCUT2D eigenvalue weighted by Gasteiger charge is 2.46. The maximum Gasteiger partial charge on any atom is 0.0898 e. The molecule has 0 bridgehead atoms. The summed E-state index contributed by atoms with van der Waals surface area (Å²) in [4.78, 5) is 7.19. The fraction of sp³-hybridized carbons (Fsp3) is 0.833. The molecular weight excluding hydrogens is 308 g/mol. The lowest BCUT2D eigenvalue weighted by Crippen LogP contribution is -2.57. The summed E-state index contributed by atoms with van der Waals surface area (Å²) < 4.78 is 12.3. The van der Waals surface area contributed by atoms with Crippen LogP contribution in [0, 0.1) is 18.3 Å². The van der Waals surface area contributed by atoms with Crippen molar-refractivity contribution in [2.24, 2.45) is 11.3 Å². The number of likely N-dealkylation sites (tertiary alicyclic amines) is 1. The molecule has 1 aromatic heterocycles. The Morgan fingerprint density at radius 1 is 1.43 bits per heavy atom. The van der Waals surface area contributed by atoms with E-state index in [1.165, 1.54) is 45.2 Å². The first-order valence-corrected chi connectivity index (χ1v) is 9.94. The van der Waals surface area contributed by atoms with Crippen LogP contribution in [0.2, 0.25) is 0 Å². The van der Waals surface area contributed by atoms with E-state index in [1.54, 1.807) is 11.3 Å². The molecule has 3 heterocycles. The standard InChI is InChI=1S/C18H28N2O2S/c1-14-19-16(11-23-14)10-21-13-18-6-2-8-22-17(18)5-7-20(12-18)9-15-3-4-15/h11,15,17H,2-10,12-13H2,1H3/t17-,18+/m1/s1. The molecule has 4 nitrogen and oxygen atoms in total. The lowest BCUT2D eigenvalue weighted by molar-refractivity contribution is -0.155. The van der Waals surface area contributed by atoms with Gasteiger partial charge in [-0.25, -0.2) is 4.98 Å². The van der Waals surface area contributed by atoms with Crippen molar-refractivity contribution in [3.63, 3.8) is 0 Å². The van der Waals surface area contributed by atoms with Crippen LogP contribution in [-0.4, -0.2) is 48.8 Å². The van der Waals surface area contributed by atoms with Gasteiger partial charge in [0.1, 0.15) is 0 Å². The third-order valence-electron chi connectivity index (χ3n) is 5.59. The highest BCUT2D eigenvalue weighted by molar-refractivity contribution is 7.09. The van der Waals surface area contributed by atoms with Crippen LogP contribution in [0.1, 0.15) is 42.8 Å². The number of rotatable bonds is 6. The number of hydrogen-bond donors (Lipinski definition) is 0. The number of ether oxygens (including phenoxy) is 2. The van der Waals surface area contributed by atoms with E-state index in [0.29, 0.717) is 12.7 Å². The second-order valence-electron chi connectivity index (χ2n) is 7.64. The van der Waals surface area contributed by atoms with Crippen LogP contribution in [0.15, 0.2) is 5.38 Å². The van der Waals surface area contributed by atoms with Crippen LogP contribution in [0.5, 0.6) is 0 Å². The molecule has 128 valence electrons. The minimum Gasteiger partial charge on any atom is -0.377 e. The van der Waals surface area contributed by atoms with Gasteiger partial charge in [-0.3, -0.25) is 0 Å². The van der Waals surface area contributed by atoms with Crippen LogP contribution >= 0.6 is 11.3 Å². The highest BCUT2D eigenvalue weighted by atomic mass is 32.1. The molecule has 0 radical (unpaired) electrons. The van der Waals surface area contributed by atoms with Crippen LogP contribution in [0.3, 0.4) is 0 Å². The lowest BCUT2D eigenvalue weighted by atomic mass is 9.73. The summed E-state index contributed by atoms with van der Waals surface area (Å²) in [5.74, 6) is 0.965. The molecule has 2 atom stereocenters. The summed E-state index contributed by atoms with van der Waals surface area (Å²) >= 11 is 1.70. The number of thiazole rings is 1. The molecule has 2 aliphatic heterocycles. The Bertz CT molecular complexity index is 531. The first kappa shape index (κ1) is 16.0. The van der Waals surface area contributed by atoms with Crippen molar-refractivity contribution in [3.8, 4) is 0 Å². The van der Waals surface area contributed by atoms with Gasteiger partial charge >= 0.3 is 0 Å². The Morgan fingerprint density at radius 2 is 2.35 bits per heavy atom. The zero-order valence-corrected chi connectivity index (χ0v) is 14.9. The van der Waals surface area contributed by atoms with Crippen LogP contribution in [-0.2, 0) is 16.1 Å². The second-order valence-corrected chi connectivity index (χ2v) is 8.71. The molecule has 5 heteroatoms. The average Bonchev–Trinajstić information content (AvgIpc) is 3.27. The van der Waals surface area contributed by atoms with Gasteiger partial charge in [0, 0.05) is 37.0 Å². The minimum atomic E-state index is 0.205. The normalized spacial score (nSPS) is 32.0. The Balaban J connectivity index is 1.37. The van der Waals surface area contributed by atoms with E-state index in [0.717, 1.165) is 36.4 Å². The molecule has 1 aliphatic carbocycles. The number of hydrogen-bond acceptors (Lipinski definition) is 5. The zero-order valence-electron chi connectivity index (χ0n) is 14.1. The van der Waals surface area contributed by atoms with Crippen LogP contribution < -0.4 is 0 Å². The van der Waals surface area contributed by atoms with E-state index in [1.807, 2.05) is 0 Å². The molecule has 2 saturated heterocycles. The van der Waals surface area contributed by atoms with Gasteiger partial charge in [0.05, 0.1) is 30.0 Å². The molecule has 0 N–H and O–H groups in total. The summed E-state index contributed by atoms with van der Waals surface area (Å²) in [5.41, 5.74) is 1.28. The number of piperidine rings is 1. The number of aryl methyl sites for hydroxylation is 1. The Hall–Kier alpha value is -0.490. The number of nitrogens with zero attached hydrogens (tertiary/aromatic N) is 2. The van der Waals surface area contributed by atoms with E-state index in [2.05, 4.69) is 22.2 Å². The van der Waals surface area contributed by atoms with Gasteiger partial charge in [-0.1, -0.05) is 0 Å². The number of aromatic nitrogens is 1. The van der Waals surface area contributed by atoms with Crippen molar-refractivity contribution in [2.75, 3.05) is 32.8 Å². The fourth-order valence-corrected chi connectivity index (χ4v) is 4.85. The quantitative estimate of drug-likeness (QED) is 0.799. The number of fused-ring (bicyclic) bond motifs is 1. The van der Waals surface area contributed by atoms with E-state index in [9.17, 15) is 0 Å². The van der Waals surface area contributed by atoms with Crippen molar-refractivity contribution in [1.82, 2.24) is 9.88 Å². The molecule has 0 unspecified atom stereocenters. The monoisotopic (exact) mass is 336 g/mol. The minimum absolute atomic E-state index is 0.205. The van der Waals surface area contributed by atoms with Crippen LogP contribution in [0.25, 0.3) is 0 Å². The van der Waals surface area contributed by atoms with Gasteiger partial charge < -0.3 is 14.4 Å². The van der Waals surface area contributed by atoms with Gasteiger partial charge in [0.2, 0.25) is 0 Å². The molecule has 3 aliphatic rings. The van der Waals surface area contributed by atoms with E-state index in [-0.39, 0.29) is 5.41 Å². The molecule has 0 aromatic carbocycles.